The molecule has 1 amide bonds. The van der Waals surface area contributed by atoms with Crippen molar-refractivity contribution in [2.45, 2.75) is 31.8 Å². The third-order valence-electron chi connectivity index (χ3n) is 3.57. The standard InChI is InChI=1S/C15H22N2O3.ClH/c1-19-12-7-6-11(14(9-12)20-2)10-17-15(18)13-5-3-4-8-16-13;/h6-7,9,13,16H,3-5,8,10H2,1-2H3,(H,17,18);1H/t13-;/m1./s1. The number of methoxy groups -OCH3 is 2. The number of hydrogen-bond donors (Lipinski definition) is 2. The molecule has 0 bridgehead atoms. The van der Waals surface area contributed by atoms with E-state index in [1.165, 1.54) is 0 Å². The summed E-state index contributed by atoms with van der Waals surface area (Å²) in [5, 5.41) is 6.20. The molecule has 1 aliphatic heterocycles. The first kappa shape index (κ1) is 17.6. The summed E-state index contributed by atoms with van der Waals surface area (Å²) in [6, 6.07) is 5.53. The third-order valence-corrected chi connectivity index (χ3v) is 3.57. The van der Waals surface area contributed by atoms with Crippen molar-refractivity contribution in [2.75, 3.05) is 20.8 Å². The van der Waals surface area contributed by atoms with Crippen molar-refractivity contribution >= 4 is 18.3 Å². The van der Waals surface area contributed by atoms with Crippen molar-refractivity contribution in [2.24, 2.45) is 0 Å². The molecule has 5 nitrogen and oxygen atoms in total. The van der Waals surface area contributed by atoms with Gasteiger partial charge in [0.2, 0.25) is 5.91 Å². The van der Waals surface area contributed by atoms with Crippen LogP contribution in [0.4, 0.5) is 0 Å². The molecule has 118 valence electrons. The predicted molar refractivity (Wildman–Crippen MR) is 84.3 cm³/mol. The molecule has 21 heavy (non-hydrogen) atoms. The number of piperidine rings is 1. The second kappa shape index (κ2) is 8.74. The first-order valence-electron chi connectivity index (χ1n) is 6.96. The summed E-state index contributed by atoms with van der Waals surface area (Å²) in [6.07, 6.45) is 3.17. The van der Waals surface area contributed by atoms with E-state index in [0.717, 1.165) is 42.9 Å². The number of carbonyl (C=O) groups excluding carboxylic acids is 1. The van der Waals surface area contributed by atoms with Gasteiger partial charge in [-0.15, -0.1) is 12.4 Å². The summed E-state index contributed by atoms with van der Waals surface area (Å²) in [5.74, 6) is 1.52. The van der Waals surface area contributed by atoms with E-state index in [1.54, 1.807) is 14.2 Å². The normalized spacial score (nSPS) is 17.5. The number of ether oxygens (including phenoxy) is 2. The van der Waals surface area contributed by atoms with Gasteiger partial charge < -0.3 is 20.1 Å². The van der Waals surface area contributed by atoms with Gasteiger partial charge in [0.15, 0.2) is 0 Å². The maximum absolute atomic E-state index is 12.1. The molecule has 0 saturated carbocycles. The van der Waals surface area contributed by atoms with Crippen LogP contribution in [0.3, 0.4) is 0 Å². The zero-order valence-electron chi connectivity index (χ0n) is 12.5. The van der Waals surface area contributed by atoms with Crippen LogP contribution in [-0.2, 0) is 11.3 Å². The van der Waals surface area contributed by atoms with Crippen LogP contribution in [0.5, 0.6) is 11.5 Å². The van der Waals surface area contributed by atoms with Crippen molar-refractivity contribution in [3.63, 3.8) is 0 Å². The summed E-state index contributed by atoms with van der Waals surface area (Å²) in [5.41, 5.74) is 0.942. The van der Waals surface area contributed by atoms with E-state index in [0.29, 0.717) is 6.54 Å². The minimum atomic E-state index is -0.0620. The van der Waals surface area contributed by atoms with Gasteiger partial charge in [0.1, 0.15) is 11.5 Å². The fourth-order valence-electron chi connectivity index (χ4n) is 2.38. The smallest absolute Gasteiger partial charge is 0.237 e. The number of hydrogen-bond acceptors (Lipinski definition) is 4. The molecule has 6 heteroatoms. The lowest BCUT2D eigenvalue weighted by Gasteiger charge is -2.22. The third kappa shape index (κ3) is 4.79. The van der Waals surface area contributed by atoms with Crippen LogP contribution in [-0.4, -0.2) is 32.7 Å². The van der Waals surface area contributed by atoms with Gasteiger partial charge in [-0.25, -0.2) is 0 Å². The number of carbonyl (C=O) groups is 1. The van der Waals surface area contributed by atoms with Gasteiger partial charge >= 0.3 is 0 Å². The Kier molecular flexibility index (Phi) is 7.32. The van der Waals surface area contributed by atoms with Crippen molar-refractivity contribution in [1.82, 2.24) is 10.6 Å². The zero-order valence-corrected chi connectivity index (χ0v) is 13.3. The average Bonchev–Trinajstić information content (AvgIpc) is 2.53. The van der Waals surface area contributed by atoms with Gasteiger partial charge in [0.25, 0.3) is 0 Å². The number of rotatable bonds is 5. The molecule has 0 spiro atoms. The number of benzene rings is 1. The predicted octanol–water partition coefficient (Wildman–Crippen LogP) is 1.88. The number of halogens is 1. The minimum absolute atomic E-state index is 0. The van der Waals surface area contributed by atoms with Crippen LogP contribution < -0.4 is 20.1 Å². The van der Waals surface area contributed by atoms with Crippen LogP contribution in [0.15, 0.2) is 18.2 Å². The summed E-state index contributed by atoms with van der Waals surface area (Å²) in [4.78, 5) is 12.1. The van der Waals surface area contributed by atoms with Gasteiger partial charge in [-0.05, 0) is 31.5 Å². The van der Waals surface area contributed by atoms with Gasteiger partial charge in [-0.3, -0.25) is 4.79 Å². The molecule has 1 saturated heterocycles. The Hall–Kier alpha value is -1.46. The van der Waals surface area contributed by atoms with Crippen molar-refractivity contribution in [3.8, 4) is 11.5 Å². The lowest BCUT2D eigenvalue weighted by Crippen LogP contribution is -2.46. The first-order valence-corrected chi connectivity index (χ1v) is 6.96. The number of amides is 1. The van der Waals surface area contributed by atoms with E-state index in [1.807, 2.05) is 18.2 Å². The zero-order chi connectivity index (χ0) is 14.4. The van der Waals surface area contributed by atoms with Crippen LogP contribution in [0, 0.1) is 0 Å². The highest BCUT2D eigenvalue weighted by Crippen LogP contribution is 2.24. The fourth-order valence-corrected chi connectivity index (χ4v) is 2.38. The molecule has 0 unspecified atom stereocenters. The molecule has 0 radical (unpaired) electrons. The maximum atomic E-state index is 12.1. The van der Waals surface area contributed by atoms with Gasteiger partial charge in [-0.1, -0.05) is 6.42 Å². The lowest BCUT2D eigenvalue weighted by atomic mass is 10.0. The number of nitrogens with one attached hydrogen (secondary N) is 2. The van der Waals surface area contributed by atoms with Crippen molar-refractivity contribution in [3.05, 3.63) is 23.8 Å². The molecule has 1 heterocycles. The molecule has 0 aliphatic carbocycles. The summed E-state index contributed by atoms with van der Waals surface area (Å²) < 4.78 is 10.5. The average molecular weight is 315 g/mol. The molecular formula is C15H23ClN2O3. The highest BCUT2D eigenvalue weighted by Gasteiger charge is 2.20. The lowest BCUT2D eigenvalue weighted by molar-refractivity contribution is -0.123. The molecule has 1 aromatic rings. The largest absolute Gasteiger partial charge is 0.497 e. The Morgan fingerprint density at radius 3 is 2.76 bits per heavy atom. The molecule has 1 fully saturated rings. The SMILES string of the molecule is COc1ccc(CNC(=O)[C@H]2CCCCN2)c(OC)c1.Cl. The second-order valence-electron chi connectivity index (χ2n) is 4.90. The van der Waals surface area contributed by atoms with Crippen LogP contribution in [0.25, 0.3) is 0 Å². The van der Waals surface area contributed by atoms with Crippen LogP contribution in [0.2, 0.25) is 0 Å². The molecule has 0 aromatic heterocycles. The Morgan fingerprint density at radius 2 is 2.14 bits per heavy atom. The van der Waals surface area contributed by atoms with E-state index in [2.05, 4.69) is 10.6 Å². The van der Waals surface area contributed by atoms with Gasteiger partial charge in [0.05, 0.1) is 20.3 Å². The fraction of sp³-hybridized carbons (Fsp3) is 0.533. The van der Waals surface area contributed by atoms with Gasteiger partial charge in [-0.2, -0.15) is 0 Å². The van der Waals surface area contributed by atoms with E-state index in [-0.39, 0.29) is 24.4 Å². The van der Waals surface area contributed by atoms with E-state index < -0.39 is 0 Å². The highest BCUT2D eigenvalue weighted by molar-refractivity contribution is 5.85. The van der Waals surface area contributed by atoms with Crippen molar-refractivity contribution in [1.29, 1.82) is 0 Å². The Bertz CT molecular complexity index is 462. The van der Waals surface area contributed by atoms with E-state index in [4.69, 9.17) is 9.47 Å². The molecule has 1 aromatic carbocycles. The molecule has 2 rings (SSSR count). The summed E-state index contributed by atoms with van der Waals surface area (Å²) in [7, 11) is 3.23. The minimum Gasteiger partial charge on any atom is -0.497 e. The Balaban J connectivity index is 0.00000220. The first-order chi connectivity index (χ1) is 9.74. The van der Waals surface area contributed by atoms with Crippen LogP contribution >= 0.6 is 12.4 Å². The molecule has 1 atom stereocenters. The monoisotopic (exact) mass is 314 g/mol. The Morgan fingerprint density at radius 1 is 1.33 bits per heavy atom. The summed E-state index contributed by atoms with van der Waals surface area (Å²) in [6.45, 7) is 1.38. The van der Waals surface area contributed by atoms with E-state index in [9.17, 15) is 4.79 Å². The van der Waals surface area contributed by atoms with Crippen molar-refractivity contribution < 1.29 is 14.3 Å². The quantitative estimate of drug-likeness (QED) is 0.871. The summed E-state index contributed by atoms with van der Waals surface area (Å²) >= 11 is 0. The maximum Gasteiger partial charge on any atom is 0.237 e. The molecule has 1 aliphatic rings. The highest BCUT2D eigenvalue weighted by atomic mass is 35.5. The topological polar surface area (TPSA) is 59.6 Å². The molecule has 2 N–H and O–H groups in total. The second-order valence-corrected chi connectivity index (χ2v) is 4.90. The van der Waals surface area contributed by atoms with Gasteiger partial charge in [0, 0.05) is 18.2 Å². The van der Waals surface area contributed by atoms with Crippen LogP contribution in [0.1, 0.15) is 24.8 Å². The van der Waals surface area contributed by atoms with E-state index >= 15 is 0 Å². The Labute approximate surface area is 131 Å². The molecular weight excluding hydrogens is 292 g/mol.